The number of carbonyl (C=O) groups excluding carboxylic acids is 2. The molecule has 1 aliphatic carbocycles. The monoisotopic (exact) mass is 285 g/mol. The number of Topliss-reactive ketones (excluding diaryl/α,β-unsaturated/α-hetero) is 2. The van der Waals surface area contributed by atoms with Gasteiger partial charge < -0.3 is 0 Å². The summed E-state index contributed by atoms with van der Waals surface area (Å²) < 4.78 is 0. The van der Waals surface area contributed by atoms with Crippen molar-refractivity contribution in [3.8, 4) is 0 Å². The Morgan fingerprint density at radius 2 is 2.14 bits per heavy atom. The second kappa shape index (κ2) is 7.04. The minimum atomic E-state index is -0.386. The third kappa shape index (κ3) is 3.92. The van der Waals surface area contributed by atoms with Crippen LogP contribution in [0.1, 0.15) is 43.2 Å². The van der Waals surface area contributed by atoms with Gasteiger partial charge in [0.1, 0.15) is 11.6 Å². The number of benzene rings is 1. The highest BCUT2D eigenvalue weighted by molar-refractivity contribution is 5.84. The molecule has 0 amide bonds. The molecule has 2 rings (SSSR count). The lowest BCUT2D eigenvalue weighted by molar-refractivity contribution is -0.120. The van der Waals surface area contributed by atoms with Crippen LogP contribution in [0.15, 0.2) is 29.4 Å². The third-order valence-electron chi connectivity index (χ3n) is 4.11. The topological polar surface area (TPSA) is 82.9 Å². The summed E-state index contributed by atoms with van der Waals surface area (Å²) in [6.45, 7) is 1.65. The Bertz CT molecular complexity index is 574. The van der Waals surface area contributed by atoms with Gasteiger partial charge in [0.25, 0.3) is 0 Å². The predicted molar refractivity (Wildman–Crippen MR) is 79.9 cm³/mol. The van der Waals surface area contributed by atoms with Crippen molar-refractivity contribution in [3.05, 3.63) is 45.8 Å². The lowest BCUT2D eigenvalue weighted by atomic mass is 9.92. The summed E-state index contributed by atoms with van der Waals surface area (Å²) >= 11 is 0. The zero-order valence-electron chi connectivity index (χ0n) is 12.2. The Balaban J connectivity index is 2.07. The zero-order chi connectivity index (χ0) is 15.2. The van der Waals surface area contributed by atoms with Gasteiger partial charge in [-0.3, -0.25) is 9.59 Å². The zero-order valence-corrected chi connectivity index (χ0v) is 12.2. The van der Waals surface area contributed by atoms with Crippen molar-refractivity contribution in [3.63, 3.8) is 0 Å². The highest BCUT2D eigenvalue weighted by atomic mass is 16.1. The van der Waals surface area contributed by atoms with Crippen molar-refractivity contribution >= 4 is 11.6 Å². The Kier molecular flexibility index (Phi) is 5.12. The normalized spacial score (nSPS) is 19.1. The Morgan fingerprint density at radius 3 is 2.67 bits per heavy atom. The van der Waals surface area contributed by atoms with Crippen molar-refractivity contribution < 1.29 is 9.59 Å². The van der Waals surface area contributed by atoms with Crippen LogP contribution in [0.4, 0.5) is 0 Å². The lowest BCUT2D eigenvalue weighted by Crippen LogP contribution is -2.13. The first-order chi connectivity index (χ1) is 10.1. The quantitative estimate of drug-likeness (QED) is 0.454. The molecule has 2 unspecified atom stereocenters. The molecule has 0 heterocycles. The molecule has 1 aromatic rings. The Morgan fingerprint density at radius 1 is 1.43 bits per heavy atom. The maximum Gasteiger partial charge on any atom is 0.137 e. The molecule has 1 fully saturated rings. The van der Waals surface area contributed by atoms with Gasteiger partial charge in [0.2, 0.25) is 0 Å². The number of azide groups is 1. The van der Waals surface area contributed by atoms with E-state index in [1.807, 2.05) is 24.3 Å². The Labute approximate surface area is 124 Å². The first kappa shape index (κ1) is 15.3. The summed E-state index contributed by atoms with van der Waals surface area (Å²) in [5.41, 5.74) is 10.4. The van der Waals surface area contributed by atoms with E-state index < -0.39 is 0 Å². The van der Waals surface area contributed by atoms with E-state index in [9.17, 15) is 9.59 Å². The van der Waals surface area contributed by atoms with E-state index in [0.717, 1.165) is 30.4 Å². The summed E-state index contributed by atoms with van der Waals surface area (Å²) in [4.78, 5) is 26.0. The molecular weight excluding hydrogens is 266 g/mol. The van der Waals surface area contributed by atoms with Gasteiger partial charge in [-0.05, 0) is 42.8 Å². The second-order valence-corrected chi connectivity index (χ2v) is 5.58. The maximum atomic E-state index is 11.7. The summed E-state index contributed by atoms with van der Waals surface area (Å²) in [5.74, 6) is 0.121. The van der Waals surface area contributed by atoms with Crippen LogP contribution in [0.25, 0.3) is 10.4 Å². The predicted octanol–water partition coefficient (Wildman–Crippen LogP) is 3.58. The summed E-state index contributed by atoms with van der Waals surface area (Å²) in [6, 6.07) is 7.72. The fourth-order valence-electron chi connectivity index (χ4n) is 2.86. The minimum Gasteiger partial charge on any atom is -0.299 e. The van der Waals surface area contributed by atoms with E-state index in [-0.39, 0.29) is 24.2 Å². The highest BCUT2D eigenvalue weighted by Crippen LogP contribution is 2.26. The van der Waals surface area contributed by atoms with Crippen molar-refractivity contribution in [2.45, 2.75) is 38.5 Å². The number of hydrogen-bond acceptors (Lipinski definition) is 3. The molecule has 2 atom stereocenters. The van der Waals surface area contributed by atoms with Gasteiger partial charge in [-0.1, -0.05) is 29.4 Å². The van der Waals surface area contributed by atoms with Crippen LogP contribution in [-0.2, 0) is 16.0 Å². The van der Waals surface area contributed by atoms with E-state index in [2.05, 4.69) is 10.0 Å². The molecule has 1 saturated carbocycles. The summed E-state index contributed by atoms with van der Waals surface area (Å²) in [5, 5.41) is 3.50. The molecule has 1 aromatic carbocycles. The molecule has 0 saturated heterocycles. The molecule has 110 valence electrons. The lowest BCUT2D eigenvalue weighted by Gasteiger charge is -2.13. The van der Waals surface area contributed by atoms with Crippen molar-refractivity contribution in [1.29, 1.82) is 0 Å². The molecular formula is C16H19N3O2. The Hall–Kier alpha value is -2.13. The number of carbonyl (C=O) groups is 2. The first-order valence-corrected chi connectivity index (χ1v) is 7.24. The van der Waals surface area contributed by atoms with E-state index in [4.69, 9.17) is 5.53 Å². The van der Waals surface area contributed by atoms with Crippen LogP contribution in [0.5, 0.6) is 0 Å². The SMILES string of the molecule is CC(=O)C(CN=[N+]=[N-])c1ccc(CC2CCCC2=O)cc1. The van der Waals surface area contributed by atoms with Crippen molar-refractivity contribution in [2.75, 3.05) is 6.54 Å². The van der Waals surface area contributed by atoms with E-state index in [0.29, 0.717) is 12.2 Å². The smallest absolute Gasteiger partial charge is 0.137 e. The van der Waals surface area contributed by atoms with Gasteiger partial charge in [0, 0.05) is 29.7 Å². The standard InChI is InChI=1S/C16H19N3O2/c1-11(20)15(10-18-19-17)13-7-5-12(6-8-13)9-14-3-2-4-16(14)21/h5-8,14-15H,2-4,9-10H2,1H3. The van der Waals surface area contributed by atoms with E-state index in [1.165, 1.54) is 6.92 Å². The molecule has 5 heteroatoms. The van der Waals surface area contributed by atoms with E-state index >= 15 is 0 Å². The molecule has 1 aliphatic rings. The number of nitrogens with zero attached hydrogens (tertiary/aromatic N) is 3. The number of rotatable bonds is 6. The number of ketones is 2. The molecule has 0 N–H and O–H groups in total. The fourth-order valence-corrected chi connectivity index (χ4v) is 2.86. The molecule has 0 aliphatic heterocycles. The minimum absolute atomic E-state index is 0.0129. The largest absolute Gasteiger partial charge is 0.299 e. The van der Waals surface area contributed by atoms with Gasteiger partial charge in [0.15, 0.2) is 0 Å². The fraction of sp³-hybridized carbons (Fsp3) is 0.500. The van der Waals surface area contributed by atoms with Crippen LogP contribution in [-0.4, -0.2) is 18.1 Å². The molecule has 5 nitrogen and oxygen atoms in total. The maximum absolute atomic E-state index is 11.7. The van der Waals surface area contributed by atoms with Crippen LogP contribution in [0.3, 0.4) is 0 Å². The average molecular weight is 285 g/mol. The highest BCUT2D eigenvalue weighted by Gasteiger charge is 2.24. The van der Waals surface area contributed by atoms with Crippen LogP contribution in [0.2, 0.25) is 0 Å². The molecule has 0 spiro atoms. The number of hydrogen-bond donors (Lipinski definition) is 0. The van der Waals surface area contributed by atoms with Gasteiger partial charge in [-0.2, -0.15) is 0 Å². The molecule has 0 aromatic heterocycles. The van der Waals surface area contributed by atoms with Crippen LogP contribution < -0.4 is 0 Å². The third-order valence-corrected chi connectivity index (χ3v) is 4.11. The van der Waals surface area contributed by atoms with Gasteiger partial charge >= 0.3 is 0 Å². The second-order valence-electron chi connectivity index (χ2n) is 5.58. The van der Waals surface area contributed by atoms with Gasteiger partial charge in [-0.15, -0.1) is 0 Å². The van der Waals surface area contributed by atoms with Crippen LogP contribution in [0, 0.1) is 5.92 Å². The van der Waals surface area contributed by atoms with Crippen LogP contribution >= 0.6 is 0 Å². The van der Waals surface area contributed by atoms with Gasteiger partial charge in [-0.25, -0.2) is 0 Å². The molecule has 21 heavy (non-hydrogen) atoms. The summed E-state index contributed by atoms with van der Waals surface area (Å²) in [7, 11) is 0. The molecule has 0 bridgehead atoms. The summed E-state index contributed by atoms with van der Waals surface area (Å²) in [6.07, 6.45) is 3.47. The van der Waals surface area contributed by atoms with Crippen molar-refractivity contribution in [2.24, 2.45) is 11.0 Å². The average Bonchev–Trinajstić information content (AvgIpc) is 2.86. The van der Waals surface area contributed by atoms with E-state index in [1.54, 1.807) is 0 Å². The van der Waals surface area contributed by atoms with Crippen molar-refractivity contribution in [1.82, 2.24) is 0 Å². The molecule has 0 radical (unpaired) electrons. The first-order valence-electron chi connectivity index (χ1n) is 7.24. The van der Waals surface area contributed by atoms with Gasteiger partial charge in [0.05, 0.1) is 0 Å².